The molecular weight excluding hydrogens is 372 g/mol. The van der Waals surface area contributed by atoms with Crippen molar-refractivity contribution in [1.29, 1.82) is 0 Å². The molecule has 1 aromatic carbocycles. The van der Waals surface area contributed by atoms with Crippen LogP contribution in [0.3, 0.4) is 0 Å². The molecule has 0 aliphatic heterocycles. The van der Waals surface area contributed by atoms with E-state index < -0.39 is 10.0 Å². The molecular formula is C18H18N2O4S2. The molecule has 6 nitrogen and oxygen atoms in total. The van der Waals surface area contributed by atoms with Crippen LogP contribution in [0.5, 0.6) is 0 Å². The van der Waals surface area contributed by atoms with Crippen LogP contribution in [0.2, 0.25) is 0 Å². The van der Waals surface area contributed by atoms with Crippen LogP contribution in [-0.4, -0.2) is 20.9 Å². The number of sulfonamides is 1. The fourth-order valence-corrected chi connectivity index (χ4v) is 4.00. The van der Waals surface area contributed by atoms with Gasteiger partial charge in [0.2, 0.25) is 10.0 Å². The van der Waals surface area contributed by atoms with Crippen LogP contribution < -0.4 is 10.0 Å². The molecule has 26 heavy (non-hydrogen) atoms. The van der Waals surface area contributed by atoms with E-state index in [4.69, 9.17) is 4.42 Å². The molecule has 0 radical (unpaired) electrons. The standard InChI is InChI=1S/C18H18N2O4S2/c21-18(19-9-7-14-8-11-25-13-14)15-3-5-17(6-4-15)26(22,23)20-12-16-2-1-10-24-16/h1-6,8,10-11,13,20H,7,9,12H2,(H,19,21). The Morgan fingerprint density at radius 3 is 2.58 bits per heavy atom. The Morgan fingerprint density at radius 1 is 1.12 bits per heavy atom. The van der Waals surface area contributed by atoms with Crippen LogP contribution in [0.25, 0.3) is 0 Å². The summed E-state index contributed by atoms with van der Waals surface area (Å²) in [6.07, 6.45) is 2.24. The van der Waals surface area contributed by atoms with E-state index in [2.05, 4.69) is 10.0 Å². The summed E-state index contributed by atoms with van der Waals surface area (Å²) < 4.78 is 32.1. The highest BCUT2D eigenvalue weighted by Crippen LogP contribution is 2.12. The summed E-state index contributed by atoms with van der Waals surface area (Å²) in [4.78, 5) is 12.2. The van der Waals surface area contributed by atoms with Crippen LogP contribution in [0.1, 0.15) is 21.7 Å². The van der Waals surface area contributed by atoms with Crippen LogP contribution in [0, 0.1) is 0 Å². The molecule has 0 unspecified atom stereocenters. The van der Waals surface area contributed by atoms with Gasteiger partial charge >= 0.3 is 0 Å². The summed E-state index contributed by atoms with van der Waals surface area (Å²) in [5.41, 5.74) is 1.60. The summed E-state index contributed by atoms with van der Waals surface area (Å²) >= 11 is 1.62. The first-order valence-corrected chi connectivity index (χ1v) is 10.4. The number of nitrogens with one attached hydrogen (secondary N) is 2. The summed E-state index contributed by atoms with van der Waals surface area (Å²) in [6, 6.07) is 11.2. The van der Waals surface area contributed by atoms with Crippen molar-refractivity contribution in [2.24, 2.45) is 0 Å². The lowest BCUT2D eigenvalue weighted by atomic mass is 10.2. The predicted octanol–water partition coefficient (Wildman–Crippen LogP) is 2.79. The molecule has 2 aromatic heterocycles. The molecule has 0 aliphatic carbocycles. The van der Waals surface area contributed by atoms with E-state index in [9.17, 15) is 13.2 Å². The summed E-state index contributed by atoms with van der Waals surface area (Å²) in [5.74, 6) is 0.294. The minimum atomic E-state index is -3.67. The van der Waals surface area contributed by atoms with Crippen molar-refractivity contribution in [2.75, 3.05) is 6.54 Å². The zero-order valence-corrected chi connectivity index (χ0v) is 15.5. The maximum atomic E-state index is 12.3. The molecule has 0 bridgehead atoms. The van der Waals surface area contributed by atoms with Gasteiger partial charge in [0.15, 0.2) is 0 Å². The second kappa shape index (κ2) is 8.31. The SMILES string of the molecule is O=C(NCCc1ccsc1)c1ccc(S(=O)(=O)NCc2ccco2)cc1. The van der Waals surface area contributed by atoms with Crippen molar-refractivity contribution >= 4 is 27.3 Å². The van der Waals surface area contributed by atoms with Crippen molar-refractivity contribution in [3.63, 3.8) is 0 Å². The smallest absolute Gasteiger partial charge is 0.251 e. The van der Waals surface area contributed by atoms with E-state index >= 15 is 0 Å². The second-order valence-electron chi connectivity index (χ2n) is 5.57. The Morgan fingerprint density at radius 2 is 1.92 bits per heavy atom. The summed E-state index contributed by atoms with van der Waals surface area (Å²) in [5, 5.41) is 6.87. The van der Waals surface area contributed by atoms with Gasteiger partial charge in [-0.2, -0.15) is 11.3 Å². The molecule has 0 saturated carbocycles. The lowest BCUT2D eigenvalue weighted by Crippen LogP contribution is -2.26. The highest BCUT2D eigenvalue weighted by atomic mass is 32.2. The third-order valence-electron chi connectivity index (χ3n) is 3.72. The van der Waals surface area contributed by atoms with Crippen LogP contribution in [0.15, 0.2) is 68.8 Å². The van der Waals surface area contributed by atoms with Crippen molar-refractivity contribution in [3.8, 4) is 0 Å². The number of furan rings is 1. The molecule has 0 atom stereocenters. The maximum absolute atomic E-state index is 12.3. The molecule has 3 rings (SSSR count). The van der Waals surface area contributed by atoms with Gasteiger partial charge in [-0.1, -0.05) is 0 Å². The molecule has 2 heterocycles. The van der Waals surface area contributed by atoms with Gasteiger partial charge in [-0.3, -0.25) is 4.79 Å². The first-order chi connectivity index (χ1) is 12.5. The molecule has 8 heteroatoms. The van der Waals surface area contributed by atoms with E-state index in [1.54, 1.807) is 23.5 Å². The largest absolute Gasteiger partial charge is 0.468 e. The van der Waals surface area contributed by atoms with Gasteiger partial charge in [0, 0.05) is 12.1 Å². The molecule has 0 aliphatic rings. The first kappa shape index (κ1) is 18.4. The Kier molecular flexibility index (Phi) is 5.87. The third kappa shape index (κ3) is 4.81. The van der Waals surface area contributed by atoms with Crippen molar-refractivity contribution < 1.29 is 17.6 Å². The maximum Gasteiger partial charge on any atom is 0.251 e. The van der Waals surface area contributed by atoms with Gasteiger partial charge < -0.3 is 9.73 Å². The van der Waals surface area contributed by atoms with Gasteiger partial charge in [-0.25, -0.2) is 13.1 Å². The average Bonchev–Trinajstić information content (AvgIpc) is 3.34. The van der Waals surface area contributed by atoms with E-state index in [-0.39, 0.29) is 17.3 Å². The van der Waals surface area contributed by atoms with Gasteiger partial charge in [-0.15, -0.1) is 0 Å². The zero-order chi connectivity index (χ0) is 18.4. The Labute approximate surface area is 155 Å². The monoisotopic (exact) mass is 390 g/mol. The minimum Gasteiger partial charge on any atom is -0.468 e. The number of hydrogen-bond donors (Lipinski definition) is 2. The lowest BCUT2D eigenvalue weighted by Gasteiger charge is -2.07. The zero-order valence-electron chi connectivity index (χ0n) is 13.8. The van der Waals surface area contributed by atoms with Crippen LogP contribution in [-0.2, 0) is 23.0 Å². The quantitative estimate of drug-likeness (QED) is 0.619. The normalized spacial score (nSPS) is 11.4. The number of benzene rings is 1. The molecule has 0 saturated heterocycles. The van der Waals surface area contributed by atoms with Crippen molar-refractivity contribution in [3.05, 3.63) is 76.4 Å². The summed E-state index contributed by atoms with van der Waals surface area (Å²) in [6.45, 7) is 0.598. The predicted molar refractivity (Wildman–Crippen MR) is 99.5 cm³/mol. The van der Waals surface area contributed by atoms with Crippen molar-refractivity contribution in [1.82, 2.24) is 10.0 Å². The van der Waals surface area contributed by atoms with E-state index in [1.807, 2.05) is 16.8 Å². The van der Waals surface area contributed by atoms with Crippen LogP contribution >= 0.6 is 11.3 Å². The molecule has 0 fully saturated rings. The average molecular weight is 390 g/mol. The third-order valence-corrected chi connectivity index (χ3v) is 5.87. The number of carbonyl (C=O) groups excluding carboxylic acids is 1. The van der Waals surface area contributed by atoms with Gasteiger partial charge in [0.25, 0.3) is 5.91 Å². The molecule has 136 valence electrons. The number of amides is 1. The fraction of sp³-hybridized carbons (Fsp3) is 0.167. The van der Waals surface area contributed by atoms with Crippen LogP contribution in [0.4, 0.5) is 0 Å². The van der Waals surface area contributed by atoms with E-state index in [0.29, 0.717) is 17.9 Å². The first-order valence-electron chi connectivity index (χ1n) is 7.96. The van der Waals surface area contributed by atoms with E-state index in [1.165, 1.54) is 36.1 Å². The number of hydrogen-bond acceptors (Lipinski definition) is 5. The molecule has 3 aromatic rings. The molecule has 1 amide bonds. The highest BCUT2D eigenvalue weighted by Gasteiger charge is 2.15. The topological polar surface area (TPSA) is 88.4 Å². The number of rotatable bonds is 8. The molecule has 2 N–H and O–H groups in total. The second-order valence-corrected chi connectivity index (χ2v) is 8.11. The van der Waals surface area contributed by atoms with Gasteiger partial charge in [0.1, 0.15) is 5.76 Å². The molecule has 0 spiro atoms. The Balaban J connectivity index is 1.55. The van der Waals surface area contributed by atoms with Crippen molar-refractivity contribution in [2.45, 2.75) is 17.9 Å². The van der Waals surface area contributed by atoms with Gasteiger partial charge in [-0.05, 0) is 65.2 Å². The van der Waals surface area contributed by atoms with Gasteiger partial charge in [0.05, 0.1) is 17.7 Å². The highest BCUT2D eigenvalue weighted by molar-refractivity contribution is 7.89. The minimum absolute atomic E-state index is 0.0696. The number of carbonyl (C=O) groups is 1. The summed E-state index contributed by atoms with van der Waals surface area (Å²) in [7, 11) is -3.67. The Hall–Kier alpha value is -2.42. The Bertz CT molecular complexity index is 932. The van der Waals surface area contributed by atoms with E-state index in [0.717, 1.165) is 6.42 Å². The number of thiophene rings is 1. The lowest BCUT2D eigenvalue weighted by molar-refractivity contribution is 0.0954. The fourth-order valence-electron chi connectivity index (χ4n) is 2.31.